The SMILES string of the molecule is CCCN(CC)C1(CN)CCC(C)C1. The molecule has 1 rings (SSSR count). The van der Waals surface area contributed by atoms with Crippen LogP contribution in [0.3, 0.4) is 0 Å². The first-order valence-electron chi connectivity index (χ1n) is 6.13. The first-order valence-corrected chi connectivity index (χ1v) is 6.13. The lowest BCUT2D eigenvalue weighted by Gasteiger charge is -2.40. The Morgan fingerprint density at radius 3 is 2.50 bits per heavy atom. The maximum Gasteiger partial charge on any atom is 0.0334 e. The van der Waals surface area contributed by atoms with E-state index in [1.807, 2.05) is 0 Å². The van der Waals surface area contributed by atoms with Gasteiger partial charge in [0.25, 0.3) is 0 Å². The highest BCUT2D eigenvalue weighted by Gasteiger charge is 2.40. The van der Waals surface area contributed by atoms with Gasteiger partial charge >= 0.3 is 0 Å². The van der Waals surface area contributed by atoms with Crippen molar-refractivity contribution in [3.8, 4) is 0 Å². The fourth-order valence-electron chi connectivity index (χ4n) is 2.97. The predicted octanol–water partition coefficient (Wildman–Crippen LogP) is 2.24. The molecule has 2 heteroatoms. The Hall–Kier alpha value is -0.0800. The van der Waals surface area contributed by atoms with Crippen molar-refractivity contribution in [2.75, 3.05) is 19.6 Å². The van der Waals surface area contributed by atoms with Gasteiger partial charge in [0.05, 0.1) is 0 Å². The third kappa shape index (κ3) is 2.29. The van der Waals surface area contributed by atoms with Crippen LogP contribution in [0.25, 0.3) is 0 Å². The topological polar surface area (TPSA) is 29.3 Å². The van der Waals surface area contributed by atoms with E-state index in [0.717, 1.165) is 19.0 Å². The molecule has 0 radical (unpaired) electrons. The molecule has 1 aliphatic rings. The minimum absolute atomic E-state index is 0.337. The molecule has 0 heterocycles. The maximum absolute atomic E-state index is 6.00. The summed E-state index contributed by atoms with van der Waals surface area (Å²) in [6.45, 7) is 10.1. The van der Waals surface area contributed by atoms with Crippen LogP contribution in [0, 0.1) is 5.92 Å². The van der Waals surface area contributed by atoms with Gasteiger partial charge in [-0.15, -0.1) is 0 Å². The number of nitrogens with zero attached hydrogens (tertiary/aromatic N) is 1. The summed E-state index contributed by atoms with van der Waals surface area (Å²) in [5.74, 6) is 0.865. The van der Waals surface area contributed by atoms with Crippen LogP contribution in [-0.2, 0) is 0 Å². The van der Waals surface area contributed by atoms with Crippen LogP contribution < -0.4 is 5.73 Å². The highest BCUT2D eigenvalue weighted by Crippen LogP contribution is 2.38. The summed E-state index contributed by atoms with van der Waals surface area (Å²) < 4.78 is 0. The summed E-state index contributed by atoms with van der Waals surface area (Å²) in [4.78, 5) is 2.61. The second-order valence-electron chi connectivity index (χ2n) is 4.86. The number of likely N-dealkylation sites (N-methyl/N-ethyl adjacent to an activating group) is 1. The van der Waals surface area contributed by atoms with E-state index in [1.165, 1.54) is 32.2 Å². The van der Waals surface area contributed by atoms with Crippen LogP contribution >= 0.6 is 0 Å². The van der Waals surface area contributed by atoms with Crippen LogP contribution in [0.1, 0.15) is 46.5 Å². The normalized spacial score (nSPS) is 32.8. The lowest BCUT2D eigenvalue weighted by Crippen LogP contribution is -2.52. The molecule has 1 saturated carbocycles. The van der Waals surface area contributed by atoms with Crippen molar-refractivity contribution in [2.24, 2.45) is 11.7 Å². The van der Waals surface area contributed by atoms with Gasteiger partial charge in [0.1, 0.15) is 0 Å². The smallest absolute Gasteiger partial charge is 0.0334 e. The van der Waals surface area contributed by atoms with E-state index in [0.29, 0.717) is 5.54 Å². The lowest BCUT2D eigenvalue weighted by molar-refractivity contribution is 0.102. The predicted molar refractivity (Wildman–Crippen MR) is 62.3 cm³/mol. The van der Waals surface area contributed by atoms with Crippen LogP contribution in [0.4, 0.5) is 0 Å². The molecule has 0 aromatic heterocycles. The summed E-state index contributed by atoms with van der Waals surface area (Å²) in [6.07, 6.45) is 5.21. The number of nitrogens with two attached hydrogens (primary N) is 1. The zero-order valence-corrected chi connectivity index (χ0v) is 10.1. The summed E-state index contributed by atoms with van der Waals surface area (Å²) in [7, 11) is 0. The Balaban J connectivity index is 2.66. The molecule has 2 unspecified atom stereocenters. The lowest BCUT2D eigenvalue weighted by atomic mass is 9.93. The molecule has 2 N–H and O–H groups in total. The van der Waals surface area contributed by atoms with Crippen molar-refractivity contribution < 1.29 is 0 Å². The van der Waals surface area contributed by atoms with Crippen LogP contribution in [0.2, 0.25) is 0 Å². The van der Waals surface area contributed by atoms with Crippen molar-refractivity contribution >= 4 is 0 Å². The number of rotatable bonds is 5. The van der Waals surface area contributed by atoms with Gasteiger partial charge in [-0.25, -0.2) is 0 Å². The van der Waals surface area contributed by atoms with Gasteiger partial charge in [0, 0.05) is 12.1 Å². The van der Waals surface area contributed by atoms with E-state index in [9.17, 15) is 0 Å². The van der Waals surface area contributed by atoms with E-state index in [1.54, 1.807) is 0 Å². The van der Waals surface area contributed by atoms with Gasteiger partial charge in [0.2, 0.25) is 0 Å². The molecule has 0 aliphatic heterocycles. The second kappa shape index (κ2) is 5.13. The Bertz CT molecular complexity index is 170. The zero-order chi connectivity index (χ0) is 10.6. The zero-order valence-electron chi connectivity index (χ0n) is 10.1. The molecule has 0 aromatic rings. The van der Waals surface area contributed by atoms with Gasteiger partial charge in [-0.1, -0.05) is 20.8 Å². The highest BCUT2D eigenvalue weighted by molar-refractivity contribution is 4.97. The number of hydrogen-bond donors (Lipinski definition) is 1. The van der Waals surface area contributed by atoms with Gasteiger partial charge in [0.15, 0.2) is 0 Å². The molecule has 1 fully saturated rings. The largest absolute Gasteiger partial charge is 0.329 e. The Labute approximate surface area is 88.8 Å². The Morgan fingerprint density at radius 1 is 1.43 bits per heavy atom. The Morgan fingerprint density at radius 2 is 2.14 bits per heavy atom. The second-order valence-corrected chi connectivity index (χ2v) is 4.86. The molecule has 0 aromatic carbocycles. The monoisotopic (exact) mass is 198 g/mol. The van der Waals surface area contributed by atoms with Crippen molar-refractivity contribution in [3.63, 3.8) is 0 Å². The van der Waals surface area contributed by atoms with E-state index < -0.39 is 0 Å². The van der Waals surface area contributed by atoms with Gasteiger partial charge < -0.3 is 5.73 Å². The van der Waals surface area contributed by atoms with Gasteiger partial charge in [-0.3, -0.25) is 4.90 Å². The molecular weight excluding hydrogens is 172 g/mol. The molecule has 0 amide bonds. The summed E-state index contributed by atoms with van der Waals surface area (Å²) >= 11 is 0. The quantitative estimate of drug-likeness (QED) is 0.734. The minimum atomic E-state index is 0.337. The summed E-state index contributed by atoms with van der Waals surface area (Å²) in [5.41, 5.74) is 6.33. The van der Waals surface area contributed by atoms with Crippen LogP contribution in [0.5, 0.6) is 0 Å². The average molecular weight is 198 g/mol. The highest BCUT2D eigenvalue weighted by atomic mass is 15.2. The third-order valence-corrected chi connectivity index (χ3v) is 3.76. The average Bonchev–Trinajstić information content (AvgIpc) is 2.57. The van der Waals surface area contributed by atoms with Crippen LogP contribution in [0.15, 0.2) is 0 Å². The standard InChI is InChI=1S/C12H26N2/c1-4-8-14(5-2)12(10-13)7-6-11(3)9-12/h11H,4-10,13H2,1-3H3. The van der Waals surface area contributed by atoms with E-state index in [4.69, 9.17) is 5.73 Å². The van der Waals surface area contributed by atoms with E-state index in [2.05, 4.69) is 25.7 Å². The molecular formula is C12H26N2. The third-order valence-electron chi connectivity index (χ3n) is 3.76. The van der Waals surface area contributed by atoms with Crippen LogP contribution in [-0.4, -0.2) is 30.1 Å². The molecule has 1 aliphatic carbocycles. The van der Waals surface area contributed by atoms with Crippen molar-refractivity contribution in [1.82, 2.24) is 4.90 Å². The van der Waals surface area contributed by atoms with Crippen molar-refractivity contribution in [3.05, 3.63) is 0 Å². The molecule has 84 valence electrons. The molecule has 0 bridgehead atoms. The summed E-state index contributed by atoms with van der Waals surface area (Å²) in [5, 5.41) is 0. The minimum Gasteiger partial charge on any atom is -0.329 e. The molecule has 0 saturated heterocycles. The maximum atomic E-state index is 6.00. The number of hydrogen-bond acceptors (Lipinski definition) is 2. The fourth-order valence-corrected chi connectivity index (χ4v) is 2.97. The first-order chi connectivity index (χ1) is 6.68. The van der Waals surface area contributed by atoms with E-state index in [-0.39, 0.29) is 0 Å². The summed E-state index contributed by atoms with van der Waals surface area (Å²) in [6, 6.07) is 0. The fraction of sp³-hybridized carbons (Fsp3) is 1.00. The molecule has 2 atom stereocenters. The molecule has 0 spiro atoms. The van der Waals surface area contributed by atoms with Gasteiger partial charge in [-0.05, 0) is 44.7 Å². The first kappa shape index (κ1) is 12.0. The van der Waals surface area contributed by atoms with E-state index >= 15 is 0 Å². The molecule has 2 nitrogen and oxygen atoms in total. The van der Waals surface area contributed by atoms with Crippen molar-refractivity contribution in [1.29, 1.82) is 0 Å². The van der Waals surface area contributed by atoms with Crippen molar-refractivity contribution in [2.45, 2.75) is 52.0 Å². The molecule has 14 heavy (non-hydrogen) atoms. The van der Waals surface area contributed by atoms with Gasteiger partial charge in [-0.2, -0.15) is 0 Å². The Kier molecular flexibility index (Phi) is 4.39.